The molecule has 0 saturated carbocycles. The van der Waals surface area contributed by atoms with E-state index in [9.17, 15) is 4.79 Å². The van der Waals surface area contributed by atoms with Crippen molar-refractivity contribution in [2.75, 3.05) is 6.54 Å². The van der Waals surface area contributed by atoms with Crippen molar-refractivity contribution in [1.82, 2.24) is 15.1 Å². The van der Waals surface area contributed by atoms with Gasteiger partial charge in [0, 0.05) is 23.8 Å². The van der Waals surface area contributed by atoms with E-state index < -0.39 is 0 Å². The molecule has 0 aliphatic carbocycles. The number of nitrogens with one attached hydrogen (secondary N) is 1. The minimum Gasteiger partial charge on any atom is -0.355 e. The van der Waals surface area contributed by atoms with Crippen LogP contribution < -0.4 is 5.32 Å². The Balaban J connectivity index is 1.46. The first kappa shape index (κ1) is 14.5. The van der Waals surface area contributed by atoms with Crippen LogP contribution in [0.25, 0.3) is 5.69 Å². The summed E-state index contributed by atoms with van der Waals surface area (Å²) in [6, 6.07) is 14.1. The van der Waals surface area contributed by atoms with Crippen LogP contribution in [0, 0.1) is 0 Å². The van der Waals surface area contributed by atoms with E-state index in [0.29, 0.717) is 13.0 Å². The molecule has 0 radical (unpaired) electrons. The van der Waals surface area contributed by atoms with Crippen LogP contribution in [-0.2, 0) is 17.6 Å². The van der Waals surface area contributed by atoms with Crippen LogP contribution in [0.2, 0.25) is 0 Å². The average Bonchev–Trinajstić information content (AvgIpc) is 3.21. The van der Waals surface area contributed by atoms with E-state index in [1.807, 2.05) is 46.6 Å². The van der Waals surface area contributed by atoms with Gasteiger partial charge in [0.2, 0.25) is 5.91 Å². The van der Waals surface area contributed by atoms with Gasteiger partial charge in [0.05, 0.1) is 12.1 Å². The van der Waals surface area contributed by atoms with Crippen molar-refractivity contribution < 1.29 is 4.79 Å². The van der Waals surface area contributed by atoms with Crippen LogP contribution in [0.3, 0.4) is 0 Å². The summed E-state index contributed by atoms with van der Waals surface area (Å²) in [5.41, 5.74) is 2.24. The van der Waals surface area contributed by atoms with Gasteiger partial charge in [-0.1, -0.05) is 18.2 Å². The predicted octanol–water partition coefficient (Wildman–Crippen LogP) is 2.84. The summed E-state index contributed by atoms with van der Waals surface area (Å²) >= 11 is 1.61. The van der Waals surface area contributed by atoms with Gasteiger partial charge >= 0.3 is 0 Å². The fraction of sp³-hybridized carbons (Fsp3) is 0.176. The fourth-order valence-electron chi connectivity index (χ4n) is 2.22. The summed E-state index contributed by atoms with van der Waals surface area (Å²) in [4.78, 5) is 12.9. The Labute approximate surface area is 133 Å². The van der Waals surface area contributed by atoms with Gasteiger partial charge in [-0.05, 0) is 41.6 Å². The van der Waals surface area contributed by atoms with Crippen LogP contribution in [0.1, 0.15) is 10.4 Å². The molecule has 0 aliphatic heterocycles. The molecular weight excluding hydrogens is 294 g/mol. The Hall–Kier alpha value is -2.40. The smallest absolute Gasteiger partial charge is 0.225 e. The van der Waals surface area contributed by atoms with Crippen LogP contribution in [0.5, 0.6) is 0 Å². The first-order valence-electron chi connectivity index (χ1n) is 7.19. The number of thiophene rings is 1. The predicted molar refractivity (Wildman–Crippen MR) is 88.3 cm³/mol. The minimum absolute atomic E-state index is 0.0793. The number of carbonyl (C=O) groups is 1. The quantitative estimate of drug-likeness (QED) is 0.761. The Morgan fingerprint density at radius 3 is 2.73 bits per heavy atom. The molecule has 0 bridgehead atoms. The van der Waals surface area contributed by atoms with Gasteiger partial charge in [-0.3, -0.25) is 4.79 Å². The number of carbonyl (C=O) groups excluding carboxylic acids is 1. The monoisotopic (exact) mass is 311 g/mol. The summed E-state index contributed by atoms with van der Waals surface area (Å²) in [6.45, 7) is 0.658. The SMILES string of the molecule is O=C(Cc1cccs1)NCCc1ccc(-n2cccn2)cc1. The van der Waals surface area contributed by atoms with E-state index in [0.717, 1.165) is 17.0 Å². The lowest BCUT2D eigenvalue weighted by atomic mass is 10.1. The second-order valence-electron chi connectivity index (χ2n) is 4.97. The summed E-state index contributed by atoms with van der Waals surface area (Å²) < 4.78 is 1.83. The molecule has 1 amide bonds. The Bertz CT molecular complexity index is 703. The van der Waals surface area contributed by atoms with Gasteiger partial charge in [-0.15, -0.1) is 11.3 Å². The number of aromatic nitrogens is 2. The molecule has 2 heterocycles. The zero-order valence-electron chi connectivity index (χ0n) is 12.1. The highest BCUT2D eigenvalue weighted by Gasteiger charge is 2.04. The highest BCUT2D eigenvalue weighted by atomic mass is 32.1. The topological polar surface area (TPSA) is 46.9 Å². The molecule has 0 fully saturated rings. The van der Waals surface area contributed by atoms with Crippen LogP contribution in [0.4, 0.5) is 0 Å². The summed E-state index contributed by atoms with van der Waals surface area (Å²) in [5, 5.41) is 9.15. The number of hydrogen-bond acceptors (Lipinski definition) is 3. The first-order chi connectivity index (χ1) is 10.8. The number of amides is 1. The molecule has 112 valence electrons. The highest BCUT2D eigenvalue weighted by Crippen LogP contribution is 2.10. The largest absolute Gasteiger partial charge is 0.355 e. The van der Waals surface area contributed by atoms with Gasteiger partial charge in [0.25, 0.3) is 0 Å². The van der Waals surface area contributed by atoms with Crippen molar-refractivity contribution in [3.8, 4) is 5.69 Å². The van der Waals surface area contributed by atoms with Gasteiger partial charge in [0.1, 0.15) is 0 Å². The lowest BCUT2D eigenvalue weighted by Crippen LogP contribution is -2.26. The van der Waals surface area contributed by atoms with E-state index in [1.54, 1.807) is 17.5 Å². The van der Waals surface area contributed by atoms with Crippen molar-refractivity contribution in [2.24, 2.45) is 0 Å². The summed E-state index contributed by atoms with van der Waals surface area (Å²) in [6.07, 6.45) is 4.97. The van der Waals surface area contributed by atoms with Gasteiger partial charge in [0.15, 0.2) is 0 Å². The molecule has 0 unspecified atom stereocenters. The number of benzene rings is 1. The molecule has 0 spiro atoms. The molecule has 2 aromatic heterocycles. The molecule has 0 aliphatic rings. The molecule has 1 aromatic carbocycles. The summed E-state index contributed by atoms with van der Waals surface area (Å²) in [7, 11) is 0. The van der Waals surface area contributed by atoms with Crippen molar-refractivity contribution in [3.05, 3.63) is 70.7 Å². The average molecular weight is 311 g/mol. The van der Waals surface area contributed by atoms with E-state index in [1.165, 1.54) is 5.56 Å². The van der Waals surface area contributed by atoms with Crippen molar-refractivity contribution in [1.29, 1.82) is 0 Å². The summed E-state index contributed by atoms with van der Waals surface area (Å²) in [5.74, 6) is 0.0793. The Morgan fingerprint density at radius 2 is 2.05 bits per heavy atom. The maximum Gasteiger partial charge on any atom is 0.225 e. The third kappa shape index (κ3) is 3.83. The van der Waals surface area contributed by atoms with Gasteiger partial charge in [-0.2, -0.15) is 5.10 Å². The van der Waals surface area contributed by atoms with Gasteiger partial charge in [-0.25, -0.2) is 4.68 Å². The van der Waals surface area contributed by atoms with Crippen molar-refractivity contribution >= 4 is 17.2 Å². The molecular formula is C17H17N3OS. The Kier molecular flexibility index (Phi) is 4.65. The standard InChI is InChI=1S/C17H17N3OS/c21-17(13-16-3-1-12-22-16)18-10-8-14-4-6-15(7-5-14)20-11-2-9-19-20/h1-7,9,11-12H,8,10,13H2,(H,18,21). The van der Waals surface area contributed by atoms with E-state index >= 15 is 0 Å². The zero-order valence-corrected chi connectivity index (χ0v) is 12.9. The van der Waals surface area contributed by atoms with Crippen molar-refractivity contribution in [2.45, 2.75) is 12.8 Å². The maximum atomic E-state index is 11.8. The highest BCUT2D eigenvalue weighted by molar-refractivity contribution is 7.10. The first-order valence-corrected chi connectivity index (χ1v) is 8.07. The third-order valence-electron chi connectivity index (χ3n) is 3.36. The van der Waals surface area contributed by atoms with Gasteiger partial charge < -0.3 is 5.32 Å². The second-order valence-corrected chi connectivity index (χ2v) is 6.01. The Morgan fingerprint density at radius 1 is 1.18 bits per heavy atom. The maximum absolute atomic E-state index is 11.8. The molecule has 4 nitrogen and oxygen atoms in total. The molecule has 5 heteroatoms. The second kappa shape index (κ2) is 7.04. The molecule has 22 heavy (non-hydrogen) atoms. The number of hydrogen-bond donors (Lipinski definition) is 1. The molecule has 1 N–H and O–H groups in total. The molecule has 0 atom stereocenters. The molecule has 3 rings (SSSR count). The van der Waals surface area contributed by atoms with E-state index in [-0.39, 0.29) is 5.91 Å². The third-order valence-corrected chi connectivity index (χ3v) is 4.23. The molecule has 3 aromatic rings. The van der Waals surface area contributed by atoms with Crippen LogP contribution >= 0.6 is 11.3 Å². The lowest BCUT2D eigenvalue weighted by Gasteiger charge is -2.06. The number of rotatable bonds is 6. The normalized spacial score (nSPS) is 10.5. The number of nitrogens with zero attached hydrogens (tertiary/aromatic N) is 2. The zero-order chi connectivity index (χ0) is 15.2. The minimum atomic E-state index is 0.0793. The van der Waals surface area contributed by atoms with E-state index in [2.05, 4.69) is 22.5 Å². The van der Waals surface area contributed by atoms with Crippen LogP contribution in [-0.4, -0.2) is 22.2 Å². The fourth-order valence-corrected chi connectivity index (χ4v) is 2.92. The lowest BCUT2D eigenvalue weighted by molar-refractivity contribution is -0.120. The van der Waals surface area contributed by atoms with E-state index in [4.69, 9.17) is 0 Å². The van der Waals surface area contributed by atoms with Crippen molar-refractivity contribution in [3.63, 3.8) is 0 Å². The molecule has 0 saturated heterocycles. The van der Waals surface area contributed by atoms with Crippen LogP contribution in [0.15, 0.2) is 60.2 Å².